The van der Waals surface area contributed by atoms with Crippen molar-refractivity contribution < 1.29 is 22.7 Å². The largest absolute Gasteiger partial charge is 0.416 e. The Morgan fingerprint density at radius 1 is 1.18 bits per heavy atom. The van der Waals surface area contributed by atoms with Gasteiger partial charge in [-0.05, 0) is 48.7 Å². The number of ether oxygens (including phenoxy) is 1. The number of halogens is 4. The van der Waals surface area contributed by atoms with Gasteiger partial charge in [-0.1, -0.05) is 29.8 Å². The van der Waals surface area contributed by atoms with Crippen LogP contribution in [0.25, 0.3) is 0 Å². The van der Waals surface area contributed by atoms with Gasteiger partial charge in [0.2, 0.25) is 0 Å². The molecule has 4 rings (SSSR count). The van der Waals surface area contributed by atoms with Crippen LogP contribution in [0.2, 0.25) is 5.02 Å². The minimum atomic E-state index is -4.45. The van der Waals surface area contributed by atoms with Crippen molar-refractivity contribution >= 4 is 17.5 Å². The molecule has 9 heteroatoms. The second kappa shape index (κ2) is 9.97. The molecule has 1 atom stereocenters. The van der Waals surface area contributed by atoms with E-state index in [9.17, 15) is 18.0 Å². The lowest BCUT2D eigenvalue weighted by Crippen LogP contribution is -2.37. The summed E-state index contributed by atoms with van der Waals surface area (Å²) in [5, 5.41) is 0.524. The van der Waals surface area contributed by atoms with Gasteiger partial charge in [0.1, 0.15) is 5.82 Å². The summed E-state index contributed by atoms with van der Waals surface area (Å²) in [6.45, 7) is 1.15. The highest BCUT2D eigenvalue weighted by atomic mass is 35.5. The molecule has 33 heavy (non-hydrogen) atoms. The van der Waals surface area contributed by atoms with Crippen molar-refractivity contribution in [2.45, 2.75) is 38.2 Å². The molecule has 1 unspecified atom stereocenters. The third-order valence-electron chi connectivity index (χ3n) is 5.62. The first-order valence-corrected chi connectivity index (χ1v) is 11.0. The Kier molecular flexibility index (Phi) is 7.05. The molecule has 0 spiro atoms. The number of nitrogens with zero attached hydrogens (tertiary/aromatic N) is 3. The van der Waals surface area contributed by atoms with Gasteiger partial charge in [-0.3, -0.25) is 4.79 Å². The number of hydrogen-bond donors (Lipinski definition) is 0. The number of imidazole rings is 1. The lowest BCUT2D eigenvalue weighted by Gasteiger charge is -2.26. The van der Waals surface area contributed by atoms with E-state index >= 15 is 0 Å². The summed E-state index contributed by atoms with van der Waals surface area (Å²) in [6.07, 6.45) is 0.389. The summed E-state index contributed by atoms with van der Waals surface area (Å²) in [7, 11) is 0. The molecule has 5 nitrogen and oxygen atoms in total. The van der Waals surface area contributed by atoms with Gasteiger partial charge in [-0.2, -0.15) is 13.2 Å². The summed E-state index contributed by atoms with van der Waals surface area (Å²) in [5.41, 5.74) is -0.0741. The standard InChI is InChI=1S/C24H23ClF3N3O2/c25-19-9-7-17(8-10-19)23(32)31(15-20-5-3-13-33-20)16-22-29-11-12-30(22)14-18-4-1-2-6-21(18)24(26,27)28/h1-2,4,6-12,20H,3,5,13-16H2. The van der Waals surface area contributed by atoms with E-state index in [0.29, 0.717) is 29.6 Å². The van der Waals surface area contributed by atoms with E-state index in [1.54, 1.807) is 46.0 Å². The molecule has 2 aromatic carbocycles. The van der Waals surface area contributed by atoms with E-state index in [1.165, 1.54) is 18.3 Å². The highest BCUT2D eigenvalue weighted by Gasteiger charge is 2.33. The minimum Gasteiger partial charge on any atom is -0.376 e. The number of benzene rings is 2. The van der Waals surface area contributed by atoms with Crippen molar-refractivity contribution in [3.05, 3.63) is 88.5 Å². The zero-order valence-electron chi connectivity index (χ0n) is 17.8. The monoisotopic (exact) mass is 477 g/mol. The Morgan fingerprint density at radius 2 is 1.94 bits per heavy atom. The number of aromatic nitrogens is 2. The van der Waals surface area contributed by atoms with Crippen LogP contribution in [0, 0.1) is 0 Å². The molecule has 174 valence electrons. The van der Waals surface area contributed by atoms with Crippen LogP contribution in [0.4, 0.5) is 13.2 Å². The van der Waals surface area contributed by atoms with Gasteiger partial charge in [0.25, 0.3) is 5.91 Å². The third-order valence-corrected chi connectivity index (χ3v) is 5.88. The van der Waals surface area contributed by atoms with Gasteiger partial charge in [-0.25, -0.2) is 4.98 Å². The zero-order valence-corrected chi connectivity index (χ0v) is 18.5. The quantitative estimate of drug-likeness (QED) is 0.456. The molecule has 1 aliphatic heterocycles. The summed E-state index contributed by atoms with van der Waals surface area (Å²) in [4.78, 5) is 19.2. The molecular weight excluding hydrogens is 455 g/mol. The third kappa shape index (κ3) is 5.75. The number of rotatable bonds is 7. The van der Waals surface area contributed by atoms with E-state index in [-0.39, 0.29) is 30.7 Å². The maximum Gasteiger partial charge on any atom is 0.416 e. The van der Waals surface area contributed by atoms with E-state index in [1.807, 2.05) is 0 Å². The first-order chi connectivity index (χ1) is 15.8. The molecule has 3 aromatic rings. The molecule has 1 saturated heterocycles. The fourth-order valence-electron chi connectivity index (χ4n) is 3.95. The number of amides is 1. The molecular formula is C24H23ClF3N3O2. The molecule has 0 aliphatic carbocycles. The maximum absolute atomic E-state index is 13.4. The van der Waals surface area contributed by atoms with Gasteiger partial charge in [0.05, 0.1) is 18.2 Å². The van der Waals surface area contributed by atoms with Crippen molar-refractivity contribution in [3.63, 3.8) is 0 Å². The molecule has 0 saturated carbocycles. The van der Waals surface area contributed by atoms with Crippen molar-refractivity contribution in [1.82, 2.24) is 14.5 Å². The predicted molar refractivity (Wildman–Crippen MR) is 118 cm³/mol. The fraction of sp³-hybridized carbons (Fsp3) is 0.333. The summed E-state index contributed by atoms with van der Waals surface area (Å²) in [6, 6.07) is 12.1. The topological polar surface area (TPSA) is 47.4 Å². The summed E-state index contributed by atoms with van der Waals surface area (Å²) in [5.74, 6) is 0.277. The molecule has 1 amide bonds. The van der Waals surface area contributed by atoms with Gasteiger partial charge < -0.3 is 14.2 Å². The van der Waals surface area contributed by atoms with Crippen LogP contribution >= 0.6 is 11.6 Å². The van der Waals surface area contributed by atoms with Crippen molar-refractivity contribution in [1.29, 1.82) is 0 Å². The van der Waals surface area contributed by atoms with E-state index in [4.69, 9.17) is 16.3 Å². The van der Waals surface area contributed by atoms with Crippen LogP contribution < -0.4 is 0 Å². The van der Waals surface area contributed by atoms with Gasteiger partial charge in [-0.15, -0.1) is 0 Å². The number of hydrogen-bond acceptors (Lipinski definition) is 3. The number of carbonyl (C=O) groups is 1. The number of alkyl halides is 3. The molecule has 1 fully saturated rings. The van der Waals surface area contributed by atoms with E-state index in [2.05, 4.69) is 4.98 Å². The average molecular weight is 478 g/mol. The summed E-state index contributed by atoms with van der Waals surface area (Å²) < 4.78 is 47.7. The zero-order chi connectivity index (χ0) is 23.4. The Balaban J connectivity index is 1.58. The van der Waals surface area contributed by atoms with Crippen LogP contribution in [-0.4, -0.2) is 39.6 Å². The lowest BCUT2D eigenvalue weighted by atomic mass is 10.1. The first-order valence-electron chi connectivity index (χ1n) is 10.6. The van der Waals surface area contributed by atoms with Crippen LogP contribution in [0.3, 0.4) is 0 Å². The van der Waals surface area contributed by atoms with Crippen LogP contribution in [0.5, 0.6) is 0 Å². The van der Waals surface area contributed by atoms with Gasteiger partial charge in [0, 0.05) is 42.7 Å². The maximum atomic E-state index is 13.4. The summed E-state index contributed by atoms with van der Waals surface area (Å²) >= 11 is 5.95. The predicted octanol–water partition coefficient (Wildman–Crippen LogP) is 5.43. The molecule has 0 N–H and O–H groups in total. The van der Waals surface area contributed by atoms with Crippen molar-refractivity contribution in [2.75, 3.05) is 13.2 Å². The Bertz CT molecular complexity index is 1090. The fourth-order valence-corrected chi connectivity index (χ4v) is 4.08. The van der Waals surface area contributed by atoms with Crippen molar-refractivity contribution in [2.24, 2.45) is 0 Å². The van der Waals surface area contributed by atoms with Gasteiger partial charge in [0.15, 0.2) is 0 Å². The van der Waals surface area contributed by atoms with Crippen LogP contribution in [0.15, 0.2) is 60.9 Å². The lowest BCUT2D eigenvalue weighted by molar-refractivity contribution is -0.138. The smallest absolute Gasteiger partial charge is 0.376 e. The van der Waals surface area contributed by atoms with Gasteiger partial charge >= 0.3 is 6.18 Å². The Morgan fingerprint density at radius 3 is 2.64 bits per heavy atom. The minimum absolute atomic E-state index is 0.00603. The molecule has 1 aliphatic rings. The highest BCUT2D eigenvalue weighted by Crippen LogP contribution is 2.32. The highest BCUT2D eigenvalue weighted by molar-refractivity contribution is 6.30. The SMILES string of the molecule is O=C(c1ccc(Cl)cc1)N(Cc1nccn1Cc1ccccc1C(F)(F)F)CC1CCCO1. The average Bonchev–Trinajstić information content (AvgIpc) is 3.45. The Labute approximate surface area is 194 Å². The molecule has 0 radical (unpaired) electrons. The van der Waals surface area contributed by atoms with E-state index < -0.39 is 11.7 Å². The van der Waals surface area contributed by atoms with Crippen LogP contribution in [0.1, 0.15) is 40.2 Å². The molecule has 2 heterocycles. The number of carbonyl (C=O) groups excluding carboxylic acids is 1. The van der Waals surface area contributed by atoms with Crippen LogP contribution in [-0.2, 0) is 24.0 Å². The molecule has 0 bridgehead atoms. The normalized spacial score (nSPS) is 16.2. The molecule has 1 aromatic heterocycles. The van der Waals surface area contributed by atoms with Crippen molar-refractivity contribution in [3.8, 4) is 0 Å². The van der Waals surface area contributed by atoms with E-state index in [0.717, 1.165) is 18.9 Å². The second-order valence-electron chi connectivity index (χ2n) is 7.95. The second-order valence-corrected chi connectivity index (χ2v) is 8.39. The first kappa shape index (κ1) is 23.3. The Hall–Kier alpha value is -2.84.